The van der Waals surface area contributed by atoms with E-state index in [-0.39, 0.29) is 10.6 Å². The van der Waals surface area contributed by atoms with E-state index in [1.54, 1.807) is 29.1 Å². The Morgan fingerprint density at radius 2 is 1.88 bits per heavy atom. The molecule has 0 unspecified atom stereocenters. The minimum Gasteiger partial charge on any atom is -0.258 e. The van der Waals surface area contributed by atoms with Gasteiger partial charge < -0.3 is 0 Å². The fourth-order valence-electron chi connectivity index (χ4n) is 1.56. The smallest absolute Gasteiger partial charge is 0.258 e. The molecule has 0 amide bonds. The van der Waals surface area contributed by atoms with E-state index in [1.165, 1.54) is 0 Å². The Bertz CT molecular complexity index is 524. The van der Waals surface area contributed by atoms with Crippen molar-refractivity contribution in [3.8, 4) is 5.69 Å². The molecule has 4 heteroatoms. The second-order valence-corrected chi connectivity index (χ2v) is 3.53. The van der Waals surface area contributed by atoms with Gasteiger partial charge in [0.2, 0.25) is 0 Å². The van der Waals surface area contributed by atoms with Crippen molar-refractivity contribution < 1.29 is 9.49 Å². The molecule has 16 heavy (non-hydrogen) atoms. The zero-order valence-electron chi connectivity index (χ0n) is 8.83. The normalized spacial score (nSPS) is 10.1. The van der Waals surface area contributed by atoms with Crippen molar-refractivity contribution in [1.82, 2.24) is 0 Å². The van der Waals surface area contributed by atoms with Gasteiger partial charge in [0, 0.05) is 24.3 Å². The zero-order valence-corrected chi connectivity index (χ0v) is 8.83. The molecular formula is C12H11N2O2+. The largest absolute Gasteiger partial charge is 0.340 e. The molecule has 2 rings (SSSR count). The van der Waals surface area contributed by atoms with Crippen LogP contribution in [0.5, 0.6) is 0 Å². The molecule has 80 valence electrons. The minimum atomic E-state index is -0.359. The molecule has 0 bridgehead atoms. The van der Waals surface area contributed by atoms with Crippen LogP contribution in [0, 0.1) is 17.0 Å². The van der Waals surface area contributed by atoms with Gasteiger partial charge in [0.1, 0.15) is 0 Å². The van der Waals surface area contributed by atoms with Gasteiger partial charge in [0.15, 0.2) is 12.4 Å². The first-order valence-electron chi connectivity index (χ1n) is 4.90. The lowest BCUT2D eigenvalue weighted by Gasteiger charge is -1.98. The Kier molecular flexibility index (Phi) is 2.64. The van der Waals surface area contributed by atoms with E-state index < -0.39 is 0 Å². The molecule has 1 aromatic carbocycles. The molecule has 0 aliphatic heterocycles. The van der Waals surface area contributed by atoms with E-state index in [0.717, 1.165) is 5.56 Å². The number of nitro benzene ring substituents is 1. The SMILES string of the molecule is Cc1ccc(-[n+]2ccccc2)c([N+](=O)[O-])c1. The number of benzene rings is 1. The average molecular weight is 215 g/mol. The molecule has 0 aliphatic carbocycles. The Morgan fingerprint density at radius 3 is 2.50 bits per heavy atom. The van der Waals surface area contributed by atoms with Crippen LogP contribution in [0.4, 0.5) is 5.69 Å². The number of hydrogen-bond acceptors (Lipinski definition) is 2. The summed E-state index contributed by atoms with van der Waals surface area (Å²) in [4.78, 5) is 10.6. The molecule has 4 nitrogen and oxygen atoms in total. The van der Waals surface area contributed by atoms with Gasteiger partial charge in [-0.15, -0.1) is 0 Å². The molecule has 2 aromatic rings. The van der Waals surface area contributed by atoms with Gasteiger partial charge in [0.05, 0.1) is 4.92 Å². The second-order valence-electron chi connectivity index (χ2n) is 3.53. The highest BCUT2D eigenvalue weighted by Crippen LogP contribution is 2.19. The third kappa shape index (κ3) is 1.91. The predicted molar refractivity (Wildman–Crippen MR) is 59.4 cm³/mol. The van der Waals surface area contributed by atoms with E-state index in [4.69, 9.17) is 0 Å². The third-order valence-electron chi connectivity index (χ3n) is 2.32. The number of nitrogens with zero attached hydrogens (tertiary/aromatic N) is 2. The van der Waals surface area contributed by atoms with Crippen LogP contribution in [-0.2, 0) is 0 Å². The van der Waals surface area contributed by atoms with Crippen LogP contribution in [0.2, 0.25) is 0 Å². The second kappa shape index (κ2) is 4.10. The molecule has 0 atom stereocenters. The van der Waals surface area contributed by atoms with E-state index >= 15 is 0 Å². The maximum absolute atomic E-state index is 10.9. The number of aryl methyl sites for hydroxylation is 1. The van der Waals surface area contributed by atoms with Gasteiger partial charge in [-0.1, -0.05) is 12.1 Å². The summed E-state index contributed by atoms with van der Waals surface area (Å²) < 4.78 is 1.73. The summed E-state index contributed by atoms with van der Waals surface area (Å²) >= 11 is 0. The molecule has 1 aromatic heterocycles. The number of nitro groups is 1. The standard InChI is InChI=1S/C12H11N2O2/c1-10-5-6-11(12(9-10)14(15)16)13-7-3-2-4-8-13/h2-9H,1H3/q+1. The third-order valence-corrected chi connectivity index (χ3v) is 2.32. The van der Waals surface area contributed by atoms with E-state index in [1.807, 2.05) is 31.2 Å². The molecule has 0 radical (unpaired) electrons. The fraction of sp³-hybridized carbons (Fsp3) is 0.0833. The lowest BCUT2D eigenvalue weighted by atomic mass is 10.2. The van der Waals surface area contributed by atoms with E-state index in [2.05, 4.69) is 0 Å². The topological polar surface area (TPSA) is 47.0 Å². The molecule has 0 N–H and O–H groups in total. The van der Waals surface area contributed by atoms with E-state index in [9.17, 15) is 10.1 Å². The van der Waals surface area contributed by atoms with Crippen molar-refractivity contribution in [2.45, 2.75) is 6.92 Å². The Hall–Kier alpha value is -2.23. The first kappa shape index (κ1) is 10.3. The highest BCUT2D eigenvalue weighted by Gasteiger charge is 2.21. The van der Waals surface area contributed by atoms with Crippen molar-refractivity contribution in [2.75, 3.05) is 0 Å². The Morgan fingerprint density at radius 1 is 1.19 bits per heavy atom. The summed E-state index contributed by atoms with van der Waals surface area (Å²) in [5.41, 5.74) is 1.58. The highest BCUT2D eigenvalue weighted by atomic mass is 16.6. The number of pyridine rings is 1. The summed E-state index contributed by atoms with van der Waals surface area (Å²) in [6.07, 6.45) is 3.58. The van der Waals surface area contributed by atoms with Crippen LogP contribution in [-0.4, -0.2) is 4.92 Å². The van der Waals surface area contributed by atoms with Gasteiger partial charge >= 0.3 is 5.69 Å². The van der Waals surface area contributed by atoms with Gasteiger partial charge in [-0.3, -0.25) is 10.1 Å². The summed E-state index contributed by atoms with van der Waals surface area (Å²) in [6, 6.07) is 10.7. The molecule has 0 spiro atoms. The summed E-state index contributed by atoms with van der Waals surface area (Å²) in [7, 11) is 0. The monoisotopic (exact) mass is 215 g/mol. The zero-order chi connectivity index (χ0) is 11.5. The van der Waals surface area contributed by atoms with Crippen LogP contribution in [0.1, 0.15) is 5.56 Å². The lowest BCUT2D eigenvalue weighted by Crippen LogP contribution is -2.30. The Labute approximate surface area is 92.9 Å². The summed E-state index contributed by atoms with van der Waals surface area (Å²) in [5, 5.41) is 10.9. The molecule has 1 heterocycles. The van der Waals surface area contributed by atoms with Crippen molar-refractivity contribution in [3.63, 3.8) is 0 Å². The number of rotatable bonds is 2. The van der Waals surface area contributed by atoms with Gasteiger partial charge in [-0.25, -0.2) is 0 Å². The first-order valence-corrected chi connectivity index (χ1v) is 4.90. The molecular weight excluding hydrogens is 204 g/mol. The van der Waals surface area contributed by atoms with Crippen LogP contribution in [0.15, 0.2) is 48.8 Å². The average Bonchev–Trinajstić information content (AvgIpc) is 2.30. The quantitative estimate of drug-likeness (QED) is 0.438. The van der Waals surface area contributed by atoms with Gasteiger partial charge in [0.25, 0.3) is 5.69 Å². The molecule has 0 aliphatic rings. The highest BCUT2D eigenvalue weighted by molar-refractivity contribution is 5.48. The van der Waals surface area contributed by atoms with Crippen LogP contribution in [0.3, 0.4) is 0 Å². The fourth-order valence-corrected chi connectivity index (χ4v) is 1.56. The first-order chi connectivity index (χ1) is 7.68. The summed E-state index contributed by atoms with van der Waals surface area (Å²) in [6.45, 7) is 1.84. The maximum Gasteiger partial charge on any atom is 0.340 e. The van der Waals surface area contributed by atoms with Crippen LogP contribution >= 0.6 is 0 Å². The predicted octanol–water partition coefficient (Wildman–Crippen LogP) is 2.18. The Balaban J connectivity index is 2.61. The minimum absolute atomic E-state index is 0.121. The van der Waals surface area contributed by atoms with Gasteiger partial charge in [-0.05, 0) is 12.5 Å². The number of aromatic nitrogens is 1. The van der Waals surface area contributed by atoms with Gasteiger partial charge in [-0.2, -0.15) is 4.57 Å². The van der Waals surface area contributed by atoms with Crippen molar-refractivity contribution in [2.24, 2.45) is 0 Å². The maximum atomic E-state index is 10.9. The van der Waals surface area contributed by atoms with Crippen molar-refractivity contribution in [3.05, 3.63) is 64.5 Å². The molecule has 0 fully saturated rings. The molecule has 0 saturated heterocycles. The summed E-state index contributed by atoms with van der Waals surface area (Å²) in [5.74, 6) is 0. The lowest BCUT2D eigenvalue weighted by molar-refractivity contribution is -0.600. The van der Waals surface area contributed by atoms with Crippen LogP contribution in [0.25, 0.3) is 5.69 Å². The van der Waals surface area contributed by atoms with Crippen molar-refractivity contribution >= 4 is 5.69 Å². The molecule has 0 saturated carbocycles. The van der Waals surface area contributed by atoms with E-state index in [0.29, 0.717) is 5.69 Å². The van der Waals surface area contributed by atoms with Crippen LogP contribution < -0.4 is 4.57 Å². The number of hydrogen-bond donors (Lipinski definition) is 0. The van der Waals surface area contributed by atoms with Crippen molar-refractivity contribution in [1.29, 1.82) is 0 Å².